The lowest BCUT2D eigenvalue weighted by atomic mass is 10.1. The highest BCUT2D eigenvalue weighted by atomic mass is 79.9. The summed E-state index contributed by atoms with van der Waals surface area (Å²) in [6.07, 6.45) is 0. The molecule has 1 aromatic heterocycles. The average Bonchev–Trinajstić information content (AvgIpc) is 2.80. The van der Waals surface area contributed by atoms with Crippen LogP contribution in [0.25, 0.3) is 11.5 Å². The molecule has 4 nitrogen and oxygen atoms in total. The second kappa shape index (κ2) is 4.98. The van der Waals surface area contributed by atoms with Gasteiger partial charge in [0.2, 0.25) is 11.8 Å². The third kappa shape index (κ3) is 2.56. The Morgan fingerprint density at radius 3 is 2.82 bits per heavy atom. The number of benzene rings is 1. The molecule has 1 aromatic carbocycles. The van der Waals surface area contributed by atoms with E-state index in [2.05, 4.69) is 31.4 Å². The van der Waals surface area contributed by atoms with Crippen molar-refractivity contribution in [2.75, 3.05) is 7.05 Å². The van der Waals surface area contributed by atoms with Crippen LogP contribution >= 0.6 is 15.9 Å². The quantitative estimate of drug-likeness (QED) is 0.945. The van der Waals surface area contributed by atoms with E-state index in [0.29, 0.717) is 11.8 Å². The lowest BCUT2D eigenvalue weighted by Gasteiger charge is -2.03. The third-order valence-electron chi connectivity index (χ3n) is 2.60. The van der Waals surface area contributed by atoms with E-state index in [4.69, 9.17) is 4.42 Å². The standard InChI is InChI=1S/C12H14BrN3O/c1-7-4-5-10(13)9(6-7)12-16-15-11(17-12)8(2)14-3/h4-6,8,14H,1-3H3. The van der Waals surface area contributed by atoms with Crippen LogP contribution in [0, 0.1) is 6.92 Å². The molecule has 1 unspecified atom stereocenters. The first-order valence-corrected chi connectivity index (χ1v) is 6.18. The predicted octanol–water partition coefficient (Wildman–Crippen LogP) is 3.09. The highest BCUT2D eigenvalue weighted by molar-refractivity contribution is 9.10. The molecule has 0 bridgehead atoms. The number of nitrogens with zero attached hydrogens (tertiary/aromatic N) is 2. The van der Waals surface area contributed by atoms with Gasteiger partial charge in [-0.2, -0.15) is 0 Å². The molecule has 0 aliphatic carbocycles. The van der Waals surface area contributed by atoms with E-state index < -0.39 is 0 Å². The minimum Gasteiger partial charge on any atom is -0.419 e. The second-order valence-electron chi connectivity index (χ2n) is 3.94. The lowest BCUT2D eigenvalue weighted by molar-refractivity contribution is 0.441. The number of hydrogen-bond acceptors (Lipinski definition) is 4. The van der Waals surface area contributed by atoms with E-state index in [9.17, 15) is 0 Å². The molecule has 2 aromatic rings. The van der Waals surface area contributed by atoms with Gasteiger partial charge >= 0.3 is 0 Å². The molecular formula is C12H14BrN3O. The van der Waals surface area contributed by atoms with Gasteiger partial charge in [0.05, 0.1) is 11.6 Å². The topological polar surface area (TPSA) is 51.0 Å². The molecule has 0 radical (unpaired) electrons. The Morgan fingerprint density at radius 1 is 1.35 bits per heavy atom. The maximum atomic E-state index is 5.64. The molecule has 0 saturated heterocycles. The van der Waals surface area contributed by atoms with Crippen molar-refractivity contribution in [1.82, 2.24) is 15.5 Å². The van der Waals surface area contributed by atoms with Gasteiger partial charge in [-0.05, 0) is 49.0 Å². The van der Waals surface area contributed by atoms with Crippen LogP contribution in [0.1, 0.15) is 24.4 Å². The third-order valence-corrected chi connectivity index (χ3v) is 3.29. The Hall–Kier alpha value is -1.20. The largest absolute Gasteiger partial charge is 0.419 e. The maximum Gasteiger partial charge on any atom is 0.248 e. The zero-order valence-electron chi connectivity index (χ0n) is 9.99. The molecule has 2 rings (SSSR count). The van der Waals surface area contributed by atoms with Crippen LogP contribution in [0.4, 0.5) is 0 Å². The second-order valence-corrected chi connectivity index (χ2v) is 4.79. The fourth-order valence-corrected chi connectivity index (χ4v) is 1.86. The van der Waals surface area contributed by atoms with Crippen LogP contribution in [0.3, 0.4) is 0 Å². The number of hydrogen-bond donors (Lipinski definition) is 1. The van der Waals surface area contributed by atoms with Crippen LogP contribution in [0.5, 0.6) is 0 Å². The summed E-state index contributed by atoms with van der Waals surface area (Å²) in [6.45, 7) is 4.01. The molecular weight excluding hydrogens is 282 g/mol. The number of nitrogens with one attached hydrogen (secondary N) is 1. The summed E-state index contributed by atoms with van der Waals surface area (Å²) in [5, 5.41) is 11.2. The molecule has 0 amide bonds. The van der Waals surface area contributed by atoms with Crippen molar-refractivity contribution in [2.45, 2.75) is 19.9 Å². The van der Waals surface area contributed by atoms with Crippen molar-refractivity contribution < 1.29 is 4.42 Å². The van der Waals surface area contributed by atoms with E-state index in [0.717, 1.165) is 15.6 Å². The Morgan fingerprint density at radius 2 is 2.12 bits per heavy atom. The van der Waals surface area contributed by atoms with Gasteiger partial charge in [-0.25, -0.2) is 0 Å². The van der Waals surface area contributed by atoms with Crippen molar-refractivity contribution in [3.8, 4) is 11.5 Å². The number of halogens is 1. The van der Waals surface area contributed by atoms with Crippen LogP contribution in [-0.2, 0) is 0 Å². The molecule has 1 N–H and O–H groups in total. The van der Waals surface area contributed by atoms with Crippen molar-refractivity contribution in [2.24, 2.45) is 0 Å². The smallest absolute Gasteiger partial charge is 0.248 e. The molecule has 0 aliphatic rings. The average molecular weight is 296 g/mol. The molecule has 0 spiro atoms. The summed E-state index contributed by atoms with van der Waals surface area (Å²) < 4.78 is 6.60. The Kier molecular flexibility index (Phi) is 3.59. The van der Waals surface area contributed by atoms with Crippen molar-refractivity contribution in [1.29, 1.82) is 0 Å². The van der Waals surface area contributed by atoms with Gasteiger partial charge in [-0.1, -0.05) is 11.6 Å². The first kappa shape index (κ1) is 12.3. The van der Waals surface area contributed by atoms with E-state index in [1.54, 1.807) is 0 Å². The Labute approximate surface area is 109 Å². The van der Waals surface area contributed by atoms with Crippen LogP contribution in [-0.4, -0.2) is 17.2 Å². The van der Waals surface area contributed by atoms with Crippen molar-refractivity contribution in [3.63, 3.8) is 0 Å². The zero-order chi connectivity index (χ0) is 12.4. The SMILES string of the molecule is CNC(C)c1nnc(-c2cc(C)ccc2Br)o1. The minimum atomic E-state index is 0.0554. The van der Waals surface area contributed by atoms with E-state index in [-0.39, 0.29) is 6.04 Å². The minimum absolute atomic E-state index is 0.0554. The lowest BCUT2D eigenvalue weighted by Crippen LogP contribution is -2.12. The van der Waals surface area contributed by atoms with Crippen LogP contribution in [0.15, 0.2) is 27.1 Å². The molecule has 0 saturated carbocycles. The fraction of sp³-hybridized carbons (Fsp3) is 0.333. The molecule has 0 aliphatic heterocycles. The van der Waals surface area contributed by atoms with Gasteiger partial charge in [-0.15, -0.1) is 10.2 Å². The summed E-state index contributed by atoms with van der Waals surface area (Å²) in [4.78, 5) is 0. The zero-order valence-corrected chi connectivity index (χ0v) is 11.6. The molecule has 5 heteroatoms. The van der Waals surface area contributed by atoms with Crippen LogP contribution < -0.4 is 5.32 Å². The van der Waals surface area contributed by atoms with Gasteiger partial charge in [-0.3, -0.25) is 0 Å². The Balaban J connectivity index is 2.40. The summed E-state index contributed by atoms with van der Waals surface area (Å²) in [6, 6.07) is 6.09. The molecule has 1 atom stereocenters. The summed E-state index contributed by atoms with van der Waals surface area (Å²) in [7, 11) is 1.86. The molecule has 90 valence electrons. The maximum absolute atomic E-state index is 5.64. The molecule has 1 heterocycles. The van der Waals surface area contributed by atoms with Gasteiger partial charge in [0.15, 0.2) is 0 Å². The van der Waals surface area contributed by atoms with E-state index >= 15 is 0 Å². The Bertz CT molecular complexity index is 524. The molecule has 17 heavy (non-hydrogen) atoms. The number of aromatic nitrogens is 2. The normalized spacial score (nSPS) is 12.7. The predicted molar refractivity (Wildman–Crippen MR) is 69.6 cm³/mol. The summed E-state index contributed by atoms with van der Waals surface area (Å²) >= 11 is 3.49. The van der Waals surface area contributed by atoms with E-state index in [1.807, 2.05) is 39.1 Å². The number of rotatable bonds is 3. The summed E-state index contributed by atoms with van der Waals surface area (Å²) in [5.41, 5.74) is 2.08. The highest BCUT2D eigenvalue weighted by Gasteiger charge is 2.15. The van der Waals surface area contributed by atoms with Gasteiger partial charge in [0.1, 0.15) is 0 Å². The van der Waals surface area contributed by atoms with Gasteiger partial charge in [0.25, 0.3) is 0 Å². The fourth-order valence-electron chi connectivity index (χ4n) is 1.44. The van der Waals surface area contributed by atoms with Gasteiger partial charge in [0, 0.05) is 4.47 Å². The van der Waals surface area contributed by atoms with E-state index in [1.165, 1.54) is 0 Å². The van der Waals surface area contributed by atoms with Crippen molar-refractivity contribution >= 4 is 15.9 Å². The summed E-state index contributed by atoms with van der Waals surface area (Å²) in [5.74, 6) is 1.13. The first-order chi connectivity index (χ1) is 8.11. The first-order valence-electron chi connectivity index (χ1n) is 5.39. The van der Waals surface area contributed by atoms with Crippen molar-refractivity contribution in [3.05, 3.63) is 34.1 Å². The van der Waals surface area contributed by atoms with Gasteiger partial charge < -0.3 is 9.73 Å². The molecule has 0 fully saturated rings. The monoisotopic (exact) mass is 295 g/mol. The highest BCUT2D eigenvalue weighted by Crippen LogP contribution is 2.28. The number of aryl methyl sites for hydroxylation is 1. The van der Waals surface area contributed by atoms with Crippen LogP contribution in [0.2, 0.25) is 0 Å².